The molecule has 4 heteroatoms. The molecule has 0 bridgehead atoms. The Balaban J connectivity index is 1.93. The van der Waals surface area contributed by atoms with Crippen LogP contribution in [0.5, 0.6) is 11.6 Å². The van der Waals surface area contributed by atoms with Crippen LogP contribution >= 0.6 is 12.2 Å². The van der Waals surface area contributed by atoms with E-state index in [1.54, 1.807) is 0 Å². The normalized spacial score (nSPS) is 13.6. The number of thiocarbonyl (C=S) groups is 1. The van der Waals surface area contributed by atoms with Crippen molar-refractivity contribution in [2.45, 2.75) is 32.6 Å². The minimum atomic E-state index is 0.301. The van der Waals surface area contributed by atoms with Crippen LogP contribution in [0.1, 0.15) is 35.2 Å². The fourth-order valence-corrected chi connectivity index (χ4v) is 2.84. The number of hydrogen-bond acceptors (Lipinski definition) is 3. The van der Waals surface area contributed by atoms with Crippen LogP contribution in [-0.4, -0.2) is 9.97 Å². The van der Waals surface area contributed by atoms with Gasteiger partial charge in [-0.25, -0.2) is 4.98 Å². The van der Waals surface area contributed by atoms with Gasteiger partial charge in [-0.15, -0.1) is 0 Å². The van der Waals surface area contributed by atoms with Crippen LogP contribution < -0.4 is 10.5 Å². The Morgan fingerprint density at radius 2 is 1.90 bits per heavy atom. The quantitative estimate of drug-likeness (QED) is 0.878. The number of nitrogens with zero attached hydrogens (tertiary/aromatic N) is 1. The van der Waals surface area contributed by atoms with E-state index in [2.05, 4.69) is 17.1 Å². The van der Waals surface area contributed by atoms with E-state index >= 15 is 0 Å². The van der Waals surface area contributed by atoms with Gasteiger partial charge in [0.1, 0.15) is 10.7 Å². The number of fused-ring (bicyclic) bond motifs is 1. The molecule has 0 spiro atoms. The predicted octanol–water partition coefficient (Wildman–Crippen LogP) is 3.70. The summed E-state index contributed by atoms with van der Waals surface area (Å²) in [7, 11) is 0. The van der Waals surface area contributed by atoms with Crippen LogP contribution in [0.25, 0.3) is 0 Å². The lowest BCUT2D eigenvalue weighted by Gasteiger charge is -2.17. The van der Waals surface area contributed by atoms with Crippen molar-refractivity contribution in [2.24, 2.45) is 5.73 Å². The van der Waals surface area contributed by atoms with Gasteiger partial charge in [0.25, 0.3) is 0 Å². The van der Waals surface area contributed by atoms with Crippen molar-refractivity contribution in [3.63, 3.8) is 0 Å². The summed E-state index contributed by atoms with van der Waals surface area (Å²) in [6.45, 7) is 1.92. The average Bonchev–Trinajstić information content (AvgIpc) is 2.47. The first kappa shape index (κ1) is 14.0. The third-order valence-corrected chi connectivity index (χ3v) is 4.02. The molecule has 0 atom stereocenters. The number of rotatable bonds is 3. The second kappa shape index (κ2) is 5.82. The molecule has 0 amide bonds. The summed E-state index contributed by atoms with van der Waals surface area (Å²) < 4.78 is 5.94. The summed E-state index contributed by atoms with van der Waals surface area (Å²) in [5.74, 6) is 1.28. The Morgan fingerprint density at radius 3 is 2.67 bits per heavy atom. The van der Waals surface area contributed by atoms with E-state index in [4.69, 9.17) is 22.7 Å². The van der Waals surface area contributed by atoms with Gasteiger partial charge in [-0.2, -0.15) is 0 Å². The number of aromatic nitrogens is 1. The lowest BCUT2D eigenvalue weighted by molar-refractivity contribution is 0.459. The van der Waals surface area contributed by atoms with E-state index in [-0.39, 0.29) is 0 Å². The molecular formula is C17H18N2OS. The summed E-state index contributed by atoms with van der Waals surface area (Å²) in [5.41, 5.74) is 10.1. The minimum Gasteiger partial charge on any atom is -0.438 e. The number of benzene rings is 1. The Morgan fingerprint density at radius 1 is 1.14 bits per heavy atom. The fourth-order valence-electron chi connectivity index (χ4n) is 2.68. The van der Waals surface area contributed by atoms with Gasteiger partial charge in [-0.3, -0.25) is 0 Å². The number of ether oxygens (including phenoxy) is 1. The molecule has 108 valence electrons. The first-order valence-electron chi connectivity index (χ1n) is 7.20. The van der Waals surface area contributed by atoms with E-state index in [0.29, 0.717) is 16.4 Å². The Hall–Kier alpha value is -1.94. The third kappa shape index (κ3) is 3.05. The summed E-state index contributed by atoms with van der Waals surface area (Å²) in [5, 5.41) is 0. The van der Waals surface area contributed by atoms with Crippen LogP contribution in [-0.2, 0) is 12.8 Å². The molecule has 21 heavy (non-hydrogen) atoms. The third-order valence-electron chi connectivity index (χ3n) is 3.80. The maximum absolute atomic E-state index is 5.94. The van der Waals surface area contributed by atoms with Crippen molar-refractivity contribution in [2.75, 3.05) is 0 Å². The monoisotopic (exact) mass is 298 g/mol. The zero-order valence-corrected chi connectivity index (χ0v) is 12.9. The minimum absolute atomic E-state index is 0.301. The Bertz CT molecular complexity index is 697. The van der Waals surface area contributed by atoms with Crippen LogP contribution in [0.4, 0.5) is 0 Å². The highest BCUT2D eigenvalue weighted by Gasteiger charge is 2.13. The fraction of sp³-hybridized carbons (Fsp3) is 0.294. The highest BCUT2D eigenvalue weighted by Crippen LogP contribution is 2.29. The molecule has 0 radical (unpaired) electrons. The molecule has 1 aromatic heterocycles. The zero-order chi connectivity index (χ0) is 14.8. The second-order valence-corrected chi connectivity index (χ2v) is 5.85. The standard InChI is InChI=1S/C17H18N2OS/c1-11-6-9-15(16(18)21)17(19-11)20-14-8-7-12-4-2-3-5-13(12)10-14/h6-10H,2-5H2,1H3,(H2,18,21). The van der Waals surface area contributed by atoms with Crippen LogP contribution in [0.2, 0.25) is 0 Å². The summed E-state index contributed by atoms with van der Waals surface area (Å²) in [6, 6.07) is 10.0. The van der Waals surface area contributed by atoms with Crippen molar-refractivity contribution < 1.29 is 4.74 Å². The van der Waals surface area contributed by atoms with E-state index in [9.17, 15) is 0 Å². The predicted molar refractivity (Wildman–Crippen MR) is 88.0 cm³/mol. The number of aryl methyl sites for hydroxylation is 3. The topological polar surface area (TPSA) is 48.1 Å². The van der Waals surface area contributed by atoms with E-state index in [1.807, 2.05) is 25.1 Å². The highest BCUT2D eigenvalue weighted by atomic mass is 32.1. The summed E-state index contributed by atoms with van der Waals surface area (Å²) >= 11 is 5.06. The van der Waals surface area contributed by atoms with Gasteiger partial charge in [0.15, 0.2) is 0 Å². The second-order valence-electron chi connectivity index (χ2n) is 5.41. The number of pyridine rings is 1. The van der Waals surface area contributed by atoms with Gasteiger partial charge < -0.3 is 10.5 Å². The van der Waals surface area contributed by atoms with Crippen LogP contribution in [0, 0.1) is 6.92 Å². The first-order valence-corrected chi connectivity index (χ1v) is 7.61. The maximum atomic E-state index is 5.94. The van der Waals surface area contributed by atoms with Crippen LogP contribution in [0.15, 0.2) is 30.3 Å². The van der Waals surface area contributed by atoms with Crippen molar-refractivity contribution in [3.8, 4) is 11.6 Å². The lowest BCUT2D eigenvalue weighted by Crippen LogP contribution is -2.12. The zero-order valence-electron chi connectivity index (χ0n) is 12.1. The smallest absolute Gasteiger partial charge is 0.229 e. The maximum Gasteiger partial charge on any atom is 0.229 e. The van der Waals surface area contributed by atoms with E-state index in [1.165, 1.54) is 24.0 Å². The molecule has 1 aromatic carbocycles. The highest BCUT2D eigenvalue weighted by molar-refractivity contribution is 7.80. The molecule has 1 heterocycles. The molecule has 0 saturated carbocycles. The van der Waals surface area contributed by atoms with E-state index in [0.717, 1.165) is 24.3 Å². The van der Waals surface area contributed by atoms with Crippen LogP contribution in [0.3, 0.4) is 0 Å². The lowest BCUT2D eigenvalue weighted by atomic mass is 9.92. The summed E-state index contributed by atoms with van der Waals surface area (Å²) in [6.07, 6.45) is 4.81. The SMILES string of the molecule is Cc1ccc(C(N)=S)c(Oc2ccc3c(c2)CCCC3)n1. The molecule has 1 aliphatic rings. The molecule has 0 unspecified atom stereocenters. The number of nitrogens with two attached hydrogens (primary N) is 1. The molecule has 3 rings (SSSR count). The summed E-state index contributed by atoms with van der Waals surface area (Å²) in [4.78, 5) is 4.71. The Labute approximate surface area is 130 Å². The largest absolute Gasteiger partial charge is 0.438 e. The van der Waals surface area contributed by atoms with Gasteiger partial charge in [-0.05, 0) is 68.0 Å². The van der Waals surface area contributed by atoms with Crippen molar-refractivity contribution in [1.29, 1.82) is 0 Å². The van der Waals surface area contributed by atoms with Gasteiger partial charge >= 0.3 is 0 Å². The molecular weight excluding hydrogens is 280 g/mol. The van der Waals surface area contributed by atoms with Crippen molar-refractivity contribution in [1.82, 2.24) is 4.98 Å². The molecule has 0 aliphatic heterocycles. The molecule has 3 nitrogen and oxygen atoms in total. The van der Waals surface area contributed by atoms with Crippen molar-refractivity contribution in [3.05, 3.63) is 52.7 Å². The van der Waals surface area contributed by atoms with Gasteiger partial charge in [-0.1, -0.05) is 18.3 Å². The Kier molecular flexibility index (Phi) is 3.88. The number of hydrogen-bond donors (Lipinski definition) is 1. The van der Waals surface area contributed by atoms with Gasteiger partial charge in [0.05, 0.1) is 5.56 Å². The van der Waals surface area contributed by atoms with Gasteiger partial charge in [0, 0.05) is 5.69 Å². The van der Waals surface area contributed by atoms with Gasteiger partial charge in [0.2, 0.25) is 5.88 Å². The van der Waals surface area contributed by atoms with E-state index < -0.39 is 0 Å². The van der Waals surface area contributed by atoms with Crippen molar-refractivity contribution >= 4 is 17.2 Å². The molecule has 0 saturated heterocycles. The average molecular weight is 298 g/mol. The first-order chi connectivity index (χ1) is 10.1. The molecule has 1 aliphatic carbocycles. The molecule has 2 aromatic rings. The molecule has 0 fully saturated rings. The molecule has 2 N–H and O–H groups in total.